The normalized spacial score (nSPS) is 12.2. The van der Waals surface area contributed by atoms with Crippen molar-refractivity contribution >= 4 is 33.4 Å². The van der Waals surface area contributed by atoms with Crippen LogP contribution in [-0.4, -0.2) is 9.13 Å². The molecule has 0 amide bonds. The summed E-state index contributed by atoms with van der Waals surface area (Å²) in [5, 5.41) is 1.48. The lowest BCUT2D eigenvalue weighted by atomic mass is 10.0. The van der Waals surface area contributed by atoms with Crippen LogP contribution in [0, 0.1) is 6.92 Å². The van der Waals surface area contributed by atoms with E-state index in [-0.39, 0.29) is 10.7 Å². The summed E-state index contributed by atoms with van der Waals surface area (Å²) in [7, 11) is 0. The Labute approximate surface area is 175 Å². The van der Waals surface area contributed by atoms with E-state index >= 15 is 0 Å². The summed E-state index contributed by atoms with van der Waals surface area (Å²) in [6.45, 7) is 1.69. The zero-order valence-corrected chi connectivity index (χ0v) is 16.7. The van der Waals surface area contributed by atoms with E-state index in [2.05, 4.69) is 0 Å². The van der Waals surface area contributed by atoms with Crippen molar-refractivity contribution < 1.29 is 13.2 Å². The van der Waals surface area contributed by atoms with E-state index in [0.29, 0.717) is 16.8 Å². The highest BCUT2D eigenvalue weighted by atomic mass is 35.5. The number of nitrogens with zero attached hydrogens (tertiary/aromatic N) is 2. The van der Waals surface area contributed by atoms with Crippen molar-refractivity contribution in [3.05, 3.63) is 95.3 Å². The van der Waals surface area contributed by atoms with Crippen LogP contribution in [0.4, 0.5) is 13.2 Å². The number of para-hydroxylation sites is 2. The third kappa shape index (κ3) is 2.81. The zero-order chi connectivity index (χ0) is 21.0. The van der Waals surface area contributed by atoms with Gasteiger partial charge in [0.1, 0.15) is 5.56 Å². The molecular weight excluding hydrogens is 409 g/mol. The molecule has 0 aliphatic heterocycles. The first-order valence-corrected chi connectivity index (χ1v) is 9.77. The Bertz CT molecular complexity index is 1410. The lowest BCUT2D eigenvalue weighted by molar-refractivity contribution is -0.137. The van der Waals surface area contributed by atoms with Crippen molar-refractivity contribution in [2.45, 2.75) is 13.1 Å². The minimum absolute atomic E-state index is 0.0499. The Morgan fingerprint density at radius 1 is 0.767 bits per heavy atom. The number of hydrogen-bond donors (Lipinski definition) is 0. The number of rotatable bonds is 2. The fourth-order valence-electron chi connectivity index (χ4n) is 4.08. The molecule has 150 valence electrons. The van der Waals surface area contributed by atoms with Gasteiger partial charge in [0, 0.05) is 12.4 Å². The molecule has 0 radical (unpaired) electrons. The van der Waals surface area contributed by atoms with Crippen LogP contribution in [-0.2, 0) is 6.18 Å². The first-order chi connectivity index (χ1) is 14.4. The summed E-state index contributed by atoms with van der Waals surface area (Å²) in [6.07, 6.45) is -1.22. The van der Waals surface area contributed by atoms with Gasteiger partial charge in [-0.3, -0.25) is 0 Å². The summed E-state index contributed by atoms with van der Waals surface area (Å²) in [5.41, 5.74) is 1.50. The van der Waals surface area contributed by atoms with Crippen LogP contribution < -0.4 is 0 Å². The van der Waals surface area contributed by atoms with E-state index in [9.17, 15) is 13.2 Å². The second-order valence-electron chi connectivity index (χ2n) is 7.24. The highest BCUT2D eigenvalue weighted by molar-refractivity contribution is 6.33. The summed E-state index contributed by atoms with van der Waals surface area (Å²) in [5.74, 6) is 0. The van der Waals surface area contributed by atoms with Gasteiger partial charge in [-0.2, -0.15) is 13.2 Å². The number of aryl methyl sites for hydroxylation is 1. The Hall–Kier alpha value is -3.18. The molecule has 0 fully saturated rings. The number of alkyl halides is 3. The van der Waals surface area contributed by atoms with E-state index in [1.54, 1.807) is 46.7 Å². The molecule has 5 rings (SSSR count). The van der Waals surface area contributed by atoms with E-state index in [1.165, 1.54) is 0 Å². The van der Waals surface area contributed by atoms with Gasteiger partial charge < -0.3 is 9.13 Å². The number of hydrogen-bond acceptors (Lipinski definition) is 0. The van der Waals surface area contributed by atoms with Gasteiger partial charge in [0.15, 0.2) is 0 Å². The molecular formula is C24H16ClF3N2. The Balaban J connectivity index is 1.85. The molecule has 0 aliphatic rings. The lowest BCUT2D eigenvalue weighted by Gasteiger charge is -2.22. The van der Waals surface area contributed by atoms with Crippen LogP contribution >= 0.6 is 11.6 Å². The van der Waals surface area contributed by atoms with Crippen molar-refractivity contribution in [2.75, 3.05) is 0 Å². The molecule has 30 heavy (non-hydrogen) atoms. The molecule has 0 bridgehead atoms. The maximum absolute atomic E-state index is 14.3. The summed E-state index contributed by atoms with van der Waals surface area (Å²) in [4.78, 5) is 0. The van der Waals surface area contributed by atoms with Gasteiger partial charge in [-0.15, -0.1) is 0 Å². The fraction of sp³-hybridized carbons (Fsp3) is 0.0833. The highest BCUT2D eigenvalue weighted by Crippen LogP contribution is 2.44. The Morgan fingerprint density at radius 2 is 1.30 bits per heavy atom. The highest BCUT2D eigenvalue weighted by Gasteiger charge is 2.39. The summed E-state index contributed by atoms with van der Waals surface area (Å²) < 4.78 is 46.2. The average Bonchev–Trinajstić information content (AvgIpc) is 3.32. The van der Waals surface area contributed by atoms with Gasteiger partial charge >= 0.3 is 6.18 Å². The second-order valence-corrected chi connectivity index (χ2v) is 7.62. The topological polar surface area (TPSA) is 9.86 Å². The molecule has 0 spiro atoms. The molecule has 0 unspecified atom stereocenters. The lowest BCUT2D eigenvalue weighted by Crippen LogP contribution is -2.15. The molecule has 0 N–H and O–H groups in total. The largest absolute Gasteiger partial charge is 0.419 e. The number of fused-ring (bicyclic) bond motifs is 2. The summed E-state index contributed by atoms with van der Waals surface area (Å²) >= 11 is 6.48. The second kappa shape index (κ2) is 6.67. The average molecular weight is 425 g/mol. The minimum Gasteiger partial charge on any atom is -0.316 e. The SMILES string of the molecule is Cc1cc(-n2ccc3ccccc32)c(Cl)c(C(F)(F)F)c1-n1ccc2ccccc21. The van der Waals surface area contributed by atoms with E-state index in [1.807, 2.05) is 48.5 Å². The first-order valence-electron chi connectivity index (χ1n) is 9.39. The molecule has 0 atom stereocenters. The van der Waals surface area contributed by atoms with Crippen LogP contribution in [0.15, 0.2) is 79.1 Å². The number of halogens is 4. The minimum atomic E-state index is -4.62. The molecule has 2 nitrogen and oxygen atoms in total. The Morgan fingerprint density at radius 3 is 1.90 bits per heavy atom. The van der Waals surface area contributed by atoms with Crippen molar-refractivity contribution in [1.82, 2.24) is 9.13 Å². The molecule has 2 aromatic heterocycles. The third-order valence-electron chi connectivity index (χ3n) is 5.39. The third-order valence-corrected chi connectivity index (χ3v) is 5.77. The van der Waals surface area contributed by atoms with Crippen LogP contribution in [0.1, 0.15) is 11.1 Å². The molecule has 0 saturated carbocycles. The molecule has 0 saturated heterocycles. The predicted molar refractivity (Wildman–Crippen MR) is 115 cm³/mol. The molecule has 5 aromatic rings. The Kier molecular flexibility index (Phi) is 4.19. The van der Waals surface area contributed by atoms with Crippen LogP contribution in [0.3, 0.4) is 0 Å². The molecule has 6 heteroatoms. The van der Waals surface area contributed by atoms with Crippen LogP contribution in [0.25, 0.3) is 33.2 Å². The standard InChI is InChI=1S/C24H16ClF3N2/c1-15-14-20(29-12-10-16-6-2-4-8-18(16)29)22(25)21(24(26,27)28)23(15)30-13-11-17-7-3-5-9-19(17)30/h2-14H,1H3. The maximum Gasteiger partial charge on any atom is 0.419 e. The summed E-state index contributed by atoms with van der Waals surface area (Å²) in [6, 6.07) is 20.2. The van der Waals surface area contributed by atoms with E-state index < -0.39 is 11.7 Å². The van der Waals surface area contributed by atoms with Gasteiger partial charge in [-0.1, -0.05) is 48.0 Å². The van der Waals surface area contributed by atoms with Gasteiger partial charge in [0.05, 0.1) is 27.4 Å². The van der Waals surface area contributed by atoms with Gasteiger partial charge in [-0.05, 0) is 53.6 Å². The molecule has 0 aliphatic carbocycles. The van der Waals surface area contributed by atoms with Crippen LogP contribution in [0.2, 0.25) is 5.02 Å². The maximum atomic E-state index is 14.3. The zero-order valence-electron chi connectivity index (χ0n) is 15.9. The fourth-order valence-corrected chi connectivity index (χ4v) is 4.42. The van der Waals surface area contributed by atoms with Crippen molar-refractivity contribution in [3.8, 4) is 11.4 Å². The van der Waals surface area contributed by atoms with E-state index in [4.69, 9.17) is 11.6 Å². The van der Waals surface area contributed by atoms with Gasteiger partial charge in [-0.25, -0.2) is 0 Å². The first kappa shape index (κ1) is 18.8. The quantitative estimate of drug-likeness (QED) is 0.277. The molecule has 3 aromatic carbocycles. The number of aromatic nitrogens is 2. The predicted octanol–water partition coefficient (Wildman–Crippen LogP) is 7.56. The van der Waals surface area contributed by atoms with Crippen molar-refractivity contribution in [3.63, 3.8) is 0 Å². The van der Waals surface area contributed by atoms with E-state index in [0.717, 1.165) is 16.3 Å². The molecule has 2 heterocycles. The van der Waals surface area contributed by atoms with Gasteiger partial charge in [0.2, 0.25) is 0 Å². The number of benzene rings is 3. The van der Waals surface area contributed by atoms with Crippen LogP contribution in [0.5, 0.6) is 0 Å². The van der Waals surface area contributed by atoms with Crippen molar-refractivity contribution in [2.24, 2.45) is 0 Å². The van der Waals surface area contributed by atoms with Gasteiger partial charge in [0.25, 0.3) is 0 Å². The van der Waals surface area contributed by atoms with Crippen molar-refractivity contribution in [1.29, 1.82) is 0 Å². The monoisotopic (exact) mass is 424 g/mol. The smallest absolute Gasteiger partial charge is 0.316 e.